The second-order valence-electron chi connectivity index (χ2n) is 8.15. The molecule has 2 aliphatic heterocycles. The lowest BCUT2D eigenvalue weighted by Gasteiger charge is -2.38. The van der Waals surface area contributed by atoms with Crippen LogP contribution in [0.2, 0.25) is 0 Å². The molecule has 0 bridgehead atoms. The van der Waals surface area contributed by atoms with Crippen molar-refractivity contribution in [3.05, 3.63) is 47.2 Å². The van der Waals surface area contributed by atoms with Crippen LogP contribution in [0.4, 0.5) is 0 Å². The molecule has 174 valence electrons. The van der Waals surface area contributed by atoms with Crippen molar-refractivity contribution < 1.29 is 23.7 Å². The Morgan fingerprint density at radius 1 is 0.848 bits per heavy atom. The molecule has 2 aromatic rings. The molecule has 0 aromatic heterocycles. The molecule has 2 aromatic carbocycles. The number of hydrogen-bond donors (Lipinski definition) is 0. The first kappa shape index (κ1) is 22.7. The van der Waals surface area contributed by atoms with Crippen LogP contribution < -0.4 is 23.7 Å². The van der Waals surface area contributed by atoms with Crippen molar-refractivity contribution >= 4 is 5.57 Å². The zero-order chi connectivity index (χ0) is 23.5. The normalized spacial score (nSPS) is 19.6. The van der Waals surface area contributed by atoms with Crippen molar-refractivity contribution in [3.8, 4) is 34.8 Å². The monoisotopic (exact) mass is 450 g/mol. The first-order chi connectivity index (χ1) is 16.1. The number of methoxy groups -OCH3 is 5. The van der Waals surface area contributed by atoms with E-state index in [1.54, 1.807) is 35.5 Å². The van der Waals surface area contributed by atoms with Gasteiger partial charge in [-0.2, -0.15) is 5.26 Å². The molecule has 1 saturated heterocycles. The first-order valence-corrected chi connectivity index (χ1v) is 11.0. The van der Waals surface area contributed by atoms with Crippen LogP contribution in [0.3, 0.4) is 0 Å². The zero-order valence-corrected chi connectivity index (χ0v) is 19.8. The maximum absolute atomic E-state index is 10.3. The van der Waals surface area contributed by atoms with E-state index >= 15 is 0 Å². The molecule has 7 nitrogen and oxygen atoms in total. The Labute approximate surface area is 195 Å². The molecule has 1 fully saturated rings. The summed E-state index contributed by atoms with van der Waals surface area (Å²) in [4.78, 5) is 2.26. The van der Waals surface area contributed by atoms with Crippen LogP contribution in [0.1, 0.15) is 36.3 Å². The number of allylic oxidation sites excluding steroid dienone is 2. The average Bonchev–Trinajstić information content (AvgIpc) is 3.34. The van der Waals surface area contributed by atoms with Gasteiger partial charge in [0.25, 0.3) is 0 Å². The molecule has 0 amide bonds. The van der Waals surface area contributed by atoms with Gasteiger partial charge in [0.2, 0.25) is 5.75 Å². The van der Waals surface area contributed by atoms with Gasteiger partial charge in [-0.15, -0.1) is 0 Å². The van der Waals surface area contributed by atoms with Gasteiger partial charge in [-0.25, -0.2) is 0 Å². The van der Waals surface area contributed by atoms with Crippen molar-refractivity contribution in [1.82, 2.24) is 4.90 Å². The largest absolute Gasteiger partial charge is 0.493 e. The van der Waals surface area contributed by atoms with Gasteiger partial charge in [-0.05, 0) is 43.0 Å². The first-order valence-electron chi connectivity index (χ1n) is 11.0. The van der Waals surface area contributed by atoms with Crippen molar-refractivity contribution in [1.29, 1.82) is 5.26 Å². The molecular weight excluding hydrogens is 420 g/mol. The Kier molecular flexibility index (Phi) is 6.55. The van der Waals surface area contributed by atoms with Crippen LogP contribution in [0.5, 0.6) is 28.7 Å². The van der Waals surface area contributed by atoms with E-state index in [4.69, 9.17) is 23.7 Å². The smallest absolute Gasteiger partial charge is 0.203 e. The number of nitriles is 1. The summed E-state index contributed by atoms with van der Waals surface area (Å²) >= 11 is 0. The SMILES string of the molecule is COc1ccc(C2=C(C#N)N3CCC[C@H]3C[C@H]2c2ccc(OC)c(OC)c2OC)cc1OC. The molecule has 2 aliphatic rings. The number of hydrogen-bond acceptors (Lipinski definition) is 7. The van der Waals surface area contributed by atoms with Gasteiger partial charge in [0.05, 0.1) is 35.5 Å². The fraction of sp³-hybridized carbons (Fsp3) is 0.423. The second-order valence-corrected chi connectivity index (χ2v) is 8.15. The maximum atomic E-state index is 10.3. The number of fused-ring (bicyclic) bond motifs is 1. The van der Waals surface area contributed by atoms with Crippen LogP contribution in [0.25, 0.3) is 5.57 Å². The van der Waals surface area contributed by atoms with Gasteiger partial charge in [0, 0.05) is 29.6 Å². The summed E-state index contributed by atoms with van der Waals surface area (Å²) < 4.78 is 28.0. The highest BCUT2D eigenvalue weighted by Crippen LogP contribution is 2.52. The van der Waals surface area contributed by atoms with E-state index in [0.717, 1.165) is 42.5 Å². The van der Waals surface area contributed by atoms with E-state index in [1.165, 1.54) is 0 Å². The van der Waals surface area contributed by atoms with Crippen molar-refractivity contribution in [2.45, 2.75) is 31.2 Å². The van der Waals surface area contributed by atoms with Gasteiger partial charge in [-0.3, -0.25) is 0 Å². The van der Waals surface area contributed by atoms with E-state index in [-0.39, 0.29) is 5.92 Å². The fourth-order valence-corrected chi connectivity index (χ4v) is 5.23. The van der Waals surface area contributed by atoms with E-state index in [1.807, 2.05) is 30.3 Å². The molecule has 2 heterocycles. The minimum absolute atomic E-state index is 0.0631. The third-order valence-corrected chi connectivity index (χ3v) is 6.69. The lowest BCUT2D eigenvalue weighted by atomic mass is 9.77. The average molecular weight is 451 g/mol. The van der Waals surface area contributed by atoms with Gasteiger partial charge < -0.3 is 28.6 Å². The summed E-state index contributed by atoms with van der Waals surface area (Å²) in [7, 11) is 8.08. The zero-order valence-electron chi connectivity index (χ0n) is 19.8. The Hall–Kier alpha value is -3.53. The third-order valence-electron chi connectivity index (χ3n) is 6.69. The van der Waals surface area contributed by atoms with Crippen LogP contribution in [0, 0.1) is 11.3 Å². The second kappa shape index (κ2) is 9.53. The fourth-order valence-electron chi connectivity index (χ4n) is 5.23. The van der Waals surface area contributed by atoms with E-state index in [9.17, 15) is 5.26 Å². The summed E-state index contributed by atoms with van der Waals surface area (Å²) in [6.07, 6.45) is 3.02. The highest BCUT2D eigenvalue weighted by Gasteiger charge is 2.40. The van der Waals surface area contributed by atoms with Crippen molar-refractivity contribution in [3.63, 3.8) is 0 Å². The van der Waals surface area contributed by atoms with Crippen LogP contribution >= 0.6 is 0 Å². The Balaban J connectivity index is 1.96. The van der Waals surface area contributed by atoms with E-state index < -0.39 is 0 Å². The highest BCUT2D eigenvalue weighted by molar-refractivity contribution is 5.80. The van der Waals surface area contributed by atoms with Crippen LogP contribution in [-0.2, 0) is 0 Å². The molecule has 7 heteroatoms. The number of ether oxygens (including phenoxy) is 5. The summed E-state index contributed by atoms with van der Waals surface area (Å²) in [5.41, 5.74) is 3.57. The molecule has 4 rings (SSSR count). The van der Waals surface area contributed by atoms with E-state index in [0.29, 0.717) is 40.5 Å². The highest BCUT2D eigenvalue weighted by atomic mass is 16.5. The van der Waals surface area contributed by atoms with Gasteiger partial charge >= 0.3 is 0 Å². The summed E-state index contributed by atoms with van der Waals surface area (Å²) in [5.74, 6) is 3.00. The predicted octanol–water partition coefficient (Wildman–Crippen LogP) is 4.62. The van der Waals surface area contributed by atoms with Crippen molar-refractivity contribution in [2.75, 3.05) is 42.1 Å². The minimum atomic E-state index is -0.0631. The summed E-state index contributed by atoms with van der Waals surface area (Å²) in [6, 6.07) is 12.6. The molecule has 0 aliphatic carbocycles. The molecular formula is C26H30N2O5. The number of benzene rings is 2. The molecule has 0 unspecified atom stereocenters. The quantitative estimate of drug-likeness (QED) is 0.610. The molecule has 0 saturated carbocycles. The minimum Gasteiger partial charge on any atom is -0.493 e. The van der Waals surface area contributed by atoms with Crippen LogP contribution in [-0.4, -0.2) is 53.0 Å². The number of rotatable bonds is 7. The summed E-state index contributed by atoms with van der Waals surface area (Å²) in [5, 5.41) is 10.3. The molecule has 0 N–H and O–H groups in total. The lowest BCUT2D eigenvalue weighted by molar-refractivity contribution is 0.288. The Morgan fingerprint density at radius 3 is 2.18 bits per heavy atom. The maximum Gasteiger partial charge on any atom is 0.203 e. The Morgan fingerprint density at radius 2 is 1.55 bits per heavy atom. The molecule has 33 heavy (non-hydrogen) atoms. The third kappa shape index (κ3) is 3.80. The Bertz CT molecular complexity index is 1100. The van der Waals surface area contributed by atoms with Gasteiger partial charge in [0.1, 0.15) is 11.8 Å². The van der Waals surface area contributed by atoms with Gasteiger partial charge in [-0.1, -0.05) is 12.1 Å². The van der Waals surface area contributed by atoms with Gasteiger partial charge in [0.15, 0.2) is 23.0 Å². The predicted molar refractivity (Wildman–Crippen MR) is 125 cm³/mol. The van der Waals surface area contributed by atoms with E-state index in [2.05, 4.69) is 11.0 Å². The molecule has 0 radical (unpaired) electrons. The number of nitrogens with zero attached hydrogens (tertiary/aromatic N) is 2. The standard InChI is InChI=1S/C26H30N2O5/c1-29-21-10-8-16(13-23(21)31-3)24-19(14-17-7-6-12-28(17)20(24)15-27)18-9-11-22(30-2)26(33-5)25(18)32-4/h8-11,13,17,19H,6-7,12,14H2,1-5H3/t17-,19-/m0/s1. The topological polar surface area (TPSA) is 73.2 Å². The molecule has 2 atom stereocenters. The molecule has 0 spiro atoms. The van der Waals surface area contributed by atoms with Crippen molar-refractivity contribution in [2.24, 2.45) is 0 Å². The summed E-state index contributed by atoms with van der Waals surface area (Å²) in [6.45, 7) is 0.889. The lowest BCUT2D eigenvalue weighted by Crippen LogP contribution is -2.35. The van der Waals surface area contributed by atoms with Crippen LogP contribution in [0.15, 0.2) is 36.0 Å².